The van der Waals surface area contributed by atoms with Gasteiger partial charge in [0.05, 0.1) is 9.82 Å². The lowest BCUT2D eigenvalue weighted by Gasteiger charge is -2.13. The maximum absolute atomic E-state index is 11.3. The molecular formula is C10H13N3O6S. The first kappa shape index (κ1) is 15.9. The molecule has 1 rings (SSSR count). The van der Waals surface area contributed by atoms with Crippen molar-refractivity contribution in [2.75, 3.05) is 0 Å². The number of nitro groups is 1. The maximum Gasteiger partial charge on any atom is 0.312 e. The molecule has 1 unspecified atom stereocenters. The van der Waals surface area contributed by atoms with E-state index in [0.717, 1.165) is 12.1 Å². The van der Waals surface area contributed by atoms with Crippen LogP contribution in [-0.2, 0) is 14.8 Å². The summed E-state index contributed by atoms with van der Waals surface area (Å²) in [6.45, 7) is 2.71. The van der Waals surface area contributed by atoms with E-state index < -0.39 is 32.6 Å². The number of ether oxygens (including phenoxy) is 1. The summed E-state index contributed by atoms with van der Waals surface area (Å²) in [5.74, 6) is -1.07. The number of carbonyl (C=O) groups excluding carboxylic acids is 1. The molecule has 0 aromatic heterocycles. The Balaban J connectivity index is 3.43. The Morgan fingerprint density at radius 2 is 2.00 bits per heavy atom. The minimum atomic E-state index is -4.10. The first-order chi connectivity index (χ1) is 9.04. The zero-order chi connectivity index (χ0) is 15.7. The Morgan fingerprint density at radius 3 is 2.40 bits per heavy atom. The molecule has 1 aromatic rings. The Kier molecular flexibility index (Phi) is 4.30. The van der Waals surface area contributed by atoms with Gasteiger partial charge in [-0.25, -0.2) is 13.6 Å². The lowest BCUT2D eigenvalue weighted by Crippen LogP contribution is -2.31. The Bertz CT molecular complexity index is 670. The van der Waals surface area contributed by atoms with Gasteiger partial charge in [-0.05, 0) is 25.5 Å². The van der Waals surface area contributed by atoms with E-state index in [1.807, 2.05) is 0 Å². The normalized spacial score (nSPS) is 12.8. The third-order valence-electron chi connectivity index (χ3n) is 2.46. The third kappa shape index (κ3) is 3.42. The van der Waals surface area contributed by atoms with Crippen molar-refractivity contribution in [1.82, 2.24) is 0 Å². The average Bonchev–Trinajstić information content (AvgIpc) is 2.26. The van der Waals surface area contributed by atoms with Gasteiger partial charge in [0.2, 0.25) is 10.0 Å². The fourth-order valence-corrected chi connectivity index (χ4v) is 2.23. The molecule has 0 bridgehead atoms. The molecular weight excluding hydrogens is 290 g/mol. The lowest BCUT2D eigenvalue weighted by atomic mass is 10.2. The highest BCUT2D eigenvalue weighted by Crippen LogP contribution is 2.32. The van der Waals surface area contributed by atoms with Crippen LogP contribution in [0.1, 0.15) is 12.5 Å². The Hall–Kier alpha value is -2.20. The van der Waals surface area contributed by atoms with E-state index in [-0.39, 0.29) is 16.2 Å². The van der Waals surface area contributed by atoms with Crippen molar-refractivity contribution in [1.29, 1.82) is 0 Å². The van der Waals surface area contributed by atoms with Crippen LogP contribution in [0, 0.1) is 17.0 Å². The zero-order valence-corrected chi connectivity index (χ0v) is 11.5. The minimum Gasteiger partial charge on any atom is -0.474 e. The van der Waals surface area contributed by atoms with Crippen LogP contribution in [0.25, 0.3) is 0 Å². The van der Waals surface area contributed by atoms with E-state index in [2.05, 4.69) is 0 Å². The predicted molar refractivity (Wildman–Crippen MR) is 68.5 cm³/mol. The molecule has 0 spiro atoms. The molecule has 0 aliphatic carbocycles. The van der Waals surface area contributed by atoms with Gasteiger partial charge in [0.15, 0.2) is 11.9 Å². The van der Waals surface area contributed by atoms with Gasteiger partial charge in [-0.15, -0.1) is 0 Å². The topological polar surface area (TPSA) is 156 Å². The van der Waals surface area contributed by atoms with E-state index in [1.54, 1.807) is 0 Å². The van der Waals surface area contributed by atoms with Crippen molar-refractivity contribution in [3.63, 3.8) is 0 Å². The number of primary amides is 1. The summed E-state index contributed by atoms with van der Waals surface area (Å²) in [7, 11) is -4.10. The molecule has 10 heteroatoms. The second-order valence-corrected chi connectivity index (χ2v) is 5.58. The second kappa shape index (κ2) is 5.43. The van der Waals surface area contributed by atoms with Crippen LogP contribution in [0.2, 0.25) is 0 Å². The Labute approximate surface area is 114 Å². The summed E-state index contributed by atoms with van der Waals surface area (Å²) in [6, 6.07) is 1.91. The van der Waals surface area contributed by atoms with Crippen LogP contribution in [-0.4, -0.2) is 25.4 Å². The van der Waals surface area contributed by atoms with Gasteiger partial charge < -0.3 is 10.5 Å². The van der Waals surface area contributed by atoms with Crippen LogP contribution in [0.5, 0.6) is 5.75 Å². The molecule has 4 N–H and O–H groups in total. The minimum absolute atomic E-state index is 0.157. The number of nitro benzene ring substituents is 1. The average molecular weight is 303 g/mol. The molecule has 0 saturated heterocycles. The highest BCUT2D eigenvalue weighted by molar-refractivity contribution is 7.89. The van der Waals surface area contributed by atoms with Crippen LogP contribution < -0.4 is 15.6 Å². The van der Waals surface area contributed by atoms with E-state index in [9.17, 15) is 23.3 Å². The summed E-state index contributed by atoms with van der Waals surface area (Å²) >= 11 is 0. The van der Waals surface area contributed by atoms with Gasteiger partial charge in [0.25, 0.3) is 5.91 Å². The van der Waals surface area contributed by atoms with Crippen molar-refractivity contribution < 1.29 is 22.9 Å². The first-order valence-electron chi connectivity index (χ1n) is 5.32. The van der Waals surface area contributed by atoms with Crippen molar-refractivity contribution >= 4 is 21.6 Å². The fourth-order valence-electron chi connectivity index (χ4n) is 1.44. The summed E-state index contributed by atoms with van der Waals surface area (Å²) in [4.78, 5) is 20.6. The number of primary sulfonamides is 1. The molecule has 1 atom stereocenters. The molecule has 1 aromatic carbocycles. The summed E-state index contributed by atoms with van der Waals surface area (Å²) < 4.78 is 27.7. The standard InChI is InChI=1S/C10H13N3O6S/c1-5-3-8(19-6(2)10(11)14)7(13(15)16)4-9(5)20(12,17)18/h3-4,6H,1-2H3,(H2,11,14)(H2,12,17,18). The van der Waals surface area contributed by atoms with Crippen molar-refractivity contribution in [3.05, 3.63) is 27.8 Å². The summed E-state index contributed by atoms with van der Waals surface area (Å²) in [6.07, 6.45) is -1.10. The third-order valence-corrected chi connectivity index (χ3v) is 3.52. The number of hydrogen-bond donors (Lipinski definition) is 2. The highest BCUT2D eigenvalue weighted by atomic mass is 32.2. The zero-order valence-electron chi connectivity index (χ0n) is 10.7. The monoisotopic (exact) mass is 303 g/mol. The highest BCUT2D eigenvalue weighted by Gasteiger charge is 2.25. The molecule has 20 heavy (non-hydrogen) atoms. The molecule has 9 nitrogen and oxygen atoms in total. The quantitative estimate of drug-likeness (QED) is 0.566. The van der Waals surface area contributed by atoms with Crippen molar-refractivity contribution in [2.45, 2.75) is 24.8 Å². The van der Waals surface area contributed by atoms with E-state index in [1.165, 1.54) is 13.8 Å². The van der Waals surface area contributed by atoms with Crippen molar-refractivity contribution in [2.24, 2.45) is 10.9 Å². The smallest absolute Gasteiger partial charge is 0.312 e. The Morgan fingerprint density at radius 1 is 1.45 bits per heavy atom. The van der Waals surface area contributed by atoms with E-state index in [4.69, 9.17) is 15.6 Å². The van der Waals surface area contributed by atoms with E-state index in [0.29, 0.717) is 0 Å². The van der Waals surface area contributed by atoms with Crippen LogP contribution in [0.3, 0.4) is 0 Å². The second-order valence-electron chi connectivity index (χ2n) is 4.05. The number of benzene rings is 1. The van der Waals surface area contributed by atoms with Crippen LogP contribution in [0.4, 0.5) is 5.69 Å². The largest absolute Gasteiger partial charge is 0.474 e. The molecule has 0 heterocycles. The number of hydrogen-bond acceptors (Lipinski definition) is 6. The summed E-state index contributed by atoms with van der Waals surface area (Å²) in [5, 5.41) is 15.9. The molecule has 0 saturated carbocycles. The molecule has 0 fully saturated rings. The predicted octanol–water partition coefficient (Wildman–Crippen LogP) is -0.197. The number of carbonyl (C=O) groups is 1. The van der Waals surface area contributed by atoms with Crippen molar-refractivity contribution in [3.8, 4) is 5.75 Å². The number of amides is 1. The van der Waals surface area contributed by atoms with Crippen LogP contribution >= 0.6 is 0 Å². The lowest BCUT2D eigenvalue weighted by molar-refractivity contribution is -0.386. The molecule has 0 radical (unpaired) electrons. The van der Waals surface area contributed by atoms with Gasteiger partial charge in [0, 0.05) is 6.07 Å². The molecule has 110 valence electrons. The summed E-state index contributed by atoms with van der Waals surface area (Å²) in [5.41, 5.74) is 4.54. The van der Waals surface area contributed by atoms with Gasteiger partial charge in [-0.2, -0.15) is 0 Å². The first-order valence-corrected chi connectivity index (χ1v) is 6.86. The molecule has 0 aliphatic heterocycles. The number of nitrogens with zero attached hydrogens (tertiary/aromatic N) is 1. The number of rotatable bonds is 5. The maximum atomic E-state index is 11.3. The number of sulfonamides is 1. The number of aryl methyl sites for hydroxylation is 1. The fraction of sp³-hybridized carbons (Fsp3) is 0.300. The van der Waals surface area contributed by atoms with Crippen LogP contribution in [0.15, 0.2) is 17.0 Å². The molecule has 0 aliphatic rings. The van der Waals surface area contributed by atoms with Gasteiger partial charge in [0.1, 0.15) is 0 Å². The van der Waals surface area contributed by atoms with Gasteiger partial charge >= 0.3 is 5.69 Å². The SMILES string of the molecule is Cc1cc(OC(C)C(N)=O)c([N+](=O)[O-])cc1S(N)(=O)=O. The van der Waals surface area contributed by atoms with Gasteiger partial charge in [-0.3, -0.25) is 14.9 Å². The van der Waals surface area contributed by atoms with E-state index >= 15 is 0 Å². The van der Waals surface area contributed by atoms with Gasteiger partial charge in [-0.1, -0.05) is 0 Å². The molecule has 1 amide bonds. The number of nitrogens with two attached hydrogens (primary N) is 2.